The van der Waals surface area contributed by atoms with Gasteiger partial charge in [-0.3, -0.25) is 0 Å². The van der Waals surface area contributed by atoms with Gasteiger partial charge < -0.3 is 4.74 Å². The molecule has 0 aliphatic heterocycles. The molecule has 0 saturated carbocycles. The summed E-state index contributed by atoms with van der Waals surface area (Å²) < 4.78 is 4.89. The first kappa shape index (κ1) is 20.9. The Labute approximate surface area is 138 Å². The van der Waals surface area contributed by atoms with E-state index < -0.39 is 0 Å². The first-order chi connectivity index (χ1) is 10.7. The number of hydrogen-bond acceptors (Lipinski definition) is 2. The smallest absolute Gasteiger partial charge is 0.337 e. The topological polar surface area (TPSA) is 26.3 Å². The molecular weight excluding hydrogens is 272 g/mol. The molecule has 2 heteroatoms. The van der Waals surface area contributed by atoms with Crippen LogP contribution in [0.4, 0.5) is 0 Å². The number of hydrogen-bond donors (Lipinski definition) is 0. The highest BCUT2D eigenvalue weighted by atomic mass is 16.5. The molecule has 0 aromatic rings. The standard InChI is InChI=1S/C20H36O2/c1-4-5-6-7-8-9-10-11-12-13-14-15-16-17-18-22-20(21)19(2)3/h17-18H,2,4-16H2,1,3H3/b18-17+. The van der Waals surface area contributed by atoms with Crippen LogP contribution in [0.15, 0.2) is 24.5 Å². The highest BCUT2D eigenvalue weighted by Crippen LogP contribution is 2.12. The van der Waals surface area contributed by atoms with Crippen molar-refractivity contribution >= 4 is 5.97 Å². The van der Waals surface area contributed by atoms with Crippen LogP contribution in [0.3, 0.4) is 0 Å². The van der Waals surface area contributed by atoms with E-state index in [1.54, 1.807) is 6.92 Å². The van der Waals surface area contributed by atoms with Gasteiger partial charge in [0.2, 0.25) is 0 Å². The van der Waals surface area contributed by atoms with Crippen LogP contribution in [-0.2, 0) is 9.53 Å². The Kier molecular flexibility index (Phi) is 15.5. The maximum atomic E-state index is 11.1. The molecular formula is C20H36O2. The monoisotopic (exact) mass is 308 g/mol. The van der Waals surface area contributed by atoms with E-state index in [1.165, 1.54) is 83.3 Å². The van der Waals surface area contributed by atoms with E-state index in [4.69, 9.17) is 4.74 Å². The lowest BCUT2D eigenvalue weighted by molar-refractivity contribution is -0.133. The van der Waals surface area contributed by atoms with Crippen LogP contribution in [0.1, 0.15) is 97.3 Å². The minimum atomic E-state index is -0.342. The zero-order chi connectivity index (χ0) is 16.5. The van der Waals surface area contributed by atoms with Crippen molar-refractivity contribution in [3.8, 4) is 0 Å². The predicted octanol–water partition coefficient (Wildman–Crippen LogP) is 6.71. The third kappa shape index (κ3) is 15.3. The van der Waals surface area contributed by atoms with Gasteiger partial charge in [0, 0.05) is 5.57 Å². The number of unbranched alkanes of at least 4 members (excludes halogenated alkanes) is 12. The van der Waals surface area contributed by atoms with Gasteiger partial charge in [-0.05, 0) is 25.8 Å². The third-order valence-electron chi connectivity index (χ3n) is 3.84. The Hall–Kier alpha value is -1.05. The molecule has 0 aromatic heterocycles. The molecule has 2 nitrogen and oxygen atoms in total. The molecule has 0 aliphatic carbocycles. The van der Waals surface area contributed by atoms with Crippen molar-refractivity contribution in [2.45, 2.75) is 97.3 Å². The van der Waals surface area contributed by atoms with Gasteiger partial charge in [0.05, 0.1) is 6.26 Å². The fraction of sp³-hybridized carbons (Fsp3) is 0.750. The molecule has 22 heavy (non-hydrogen) atoms. The van der Waals surface area contributed by atoms with Crippen LogP contribution in [0.25, 0.3) is 0 Å². The van der Waals surface area contributed by atoms with Crippen molar-refractivity contribution in [3.63, 3.8) is 0 Å². The van der Waals surface area contributed by atoms with Crippen LogP contribution in [0, 0.1) is 0 Å². The zero-order valence-corrected chi connectivity index (χ0v) is 14.9. The summed E-state index contributed by atoms with van der Waals surface area (Å²) in [6, 6.07) is 0. The number of allylic oxidation sites excluding steroid dienone is 1. The van der Waals surface area contributed by atoms with Gasteiger partial charge in [-0.1, -0.05) is 84.1 Å². The van der Waals surface area contributed by atoms with Crippen LogP contribution in [0.2, 0.25) is 0 Å². The van der Waals surface area contributed by atoms with Gasteiger partial charge in [-0.2, -0.15) is 0 Å². The molecule has 128 valence electrons. The Balaban J connectivity index is 3.16. The number of carbonyl (C=O) groups excluding carboxylic acids is 1. The second-order valence-corrected chi connectivity index (χ2v) is 6.24. The van der Waals surface area contributed by atoms with Crippen LogP contribution in [0.5, 0.6) is 0 Å². The summed E-state index contributed by atoms with van der Waals surface area (Å²) in [6.07, 6.45) is 20.8. The van der Waals surface area contributed by atoms with E-state index in [0.29, 0.717) is 5.57 Å². The maximum Gasteiger partial charge on any atom is 0.337 e. The average molecular weight is 309 g/mol. The summed E-state index contributed by atoms with van der Waals surface area (Å²) in [6.45, 7) is 7.46. The van der Waals surface area contributed by atoms with Crippen LogP contribution < -0.4 is 0 Å². The summed E-state index contributed by atoms with van der Waals surface area (Å²) in [7, 11) is 0. The molecule has 0 aromatic carbocycles. The van der Waals surface area contributed by atoms with E-state index in [2.05, 4.69) is 13.5 Å². The summed E-state index contributed by atoms with van der Waals surface area (Å²) in [5, 5.41) is 0. The fourth-order valence-electron chi connectivity index (χ4n) is 2.38. The molecule has 0 rings (SSSR count). The van der Waals surface area contributed by atoms with Crippen molar-refractivity contribution in [3.05, 3.63) is 24.5 Å². The van der Waals surface area contributed by atoms with Gasteiger partial charge in [-0.15, -0.1) is 0 Å². The van der Waals surface area contributed by atoms with Crippen molar-refractivity contribution < 1.29 is 9.53 Å². The largest absolute Gasteiger partial charge is 0.431 e. The Bertz CT molecular complexity index is 305. The number of carbonyl (C=O) groups is 1. The van der Waals surface area contributed by atoms with E-state index >= 15 is 0 Å². The second-order valence-electron chi connectivity index (χ2n) is 6.24. The van der Waals surface area contributed by atoms with E-state index in [0.717, 1.165) is 6.42 Å². The Morgan fingerprint density at radius 3 is 1.77 bits per heavy atom. The molecule has 0 atom stereocenters. The van der Waals surface area contributed by atoms with Gasteiger partial charge in [0.25, 0.3) is 0 Å². The molecule has 0 heterocycles. The minimum Gasteiger partial charge on any atom is -0.431 e. The molecule has 0 unspecified atom stereocenters. The van der Waals surface area contributed by atoms with Crippen molar-refractivity contribution in [1.82, 2.24) is 0 Å². The lowest BCUT2D eigenvalue weighted by Crippen LogP contribution is -1.98. The quantitative estimate of drug-likeness (QED) is 0.145. The first-order valence-corrected chi connectivity index (χ1v) is 9.20. The molecule has 0 fully saturated rings. The molecule has 0 bridgehead atoms. The normalized spacial score (nSPS) is 11.0. The van der Waals surface area contributed by atoms with Crippen LogP contribution >= 0.6 is 0 Å². The number of rotatable bonds is 15. The van der Waals surface area contributed by atoms with Crippen molar-refractivity contribution in [2.75, 3.05) is 0 Å². The average Bonchev–Trinajstić information content (AvgIpc) is 2.50. The highest BCUT2D eigenvalue weighted by Gasteiger charge is 1.98. The number of ether oxygens (including phenoxy) is 1. The summed E-state index contributed by atoms with van der Waals surface area (Å²) in [5.74, 6) is -0.342. The predicted molar refractivity (Wildman–Crippen MR) is 95.7 cm³/mol. The first-order valence-electron chi connectivity index (χ1n) is 9.20. The third-order valence-corrected chi connectivity index (χ3v) is 3.84. The SMILES string of the molecule is C=C(C)C(=O)O/C=C/CCCCCCCCCCCCCC. The van der Waals surface area contributed by atoms with Gasteiger partial charge in [0.1, 0.15) is 0 Å². The molecule has 0 spiro atoms. The summed E-state index contributed by atoms with van der Waals surface area (Å²) in [4.78, 5) is 11.1. The van der Waals surface area contributed by atoms with E-state index in [1.807, 2.05) is 6.08 Å². The van der Waals surface area contributed by atoms with E-state index in [9.17, 15) is 4.79 Å². The minimum absolute atomic E-state index is 0.342. The Morgan fingerprint density at radius 1 is 0.864 bits per heavy atom. The van der Waals surface area contributed by atoms with Crippen LogP contribution in [-0.4, -0.2) is 5.97 Å². The lowest BCUT2D eigenvalue weighted by atomic mass is 10.0. The zero-order valence-electron chi connectivity index (χ0n) is 14.9. The summed E-state index contributed by atoms with van der Waals surface area (Å²) in [5.41, 5.74) is 0.440. The van der Waals surface area contributed by atoms with Gasteiger partial charge in [0.15, 0.2) is 0 Å². The maximum absolute atomic E-state index is 11.1. The van der Waals surface area contributed by atoms with Crippen molar-refractivity contribution in [2.24, 2.45) is 0 Å². The molecule has 0 aliphatic rings. The second kappa shape index (κ2) is 16.3. The Morgan fingerprint density at radius 2 is 1.32 bits per heavy atom. The lowest BCUT2D eigenvalue weighted by Gasteiger charge is -2.02. The van der Waals surface area contributed by atoms with Gasteiger partial charge in [-0.25, -0.2) is 4.79 Å². The van der Waals surface area contributed by atoms with E-state index in [-0.39, 0.29) is 5.97 Å². The fourth-order valence-corrected chi connectivity index (χ4v) is 2.38. The molecule has 0 N–H and O–H groups in total. The molecule has 0 radical (unpaired) electrons. The molecule has 0 saturated heterocycles. The summed E-state index contributed by atoms with van der Waals surface area (Å²) >= 11 is 0. The van der Waals surface area contributed by atoms with Crippen molar-refractivity contribution in [1.29, 1.82) is 0 Å². The highest BCUT2D eigenvalue weighted by molar-refractivity contribution is 5.87. The van der Waals surface area contributed by atoms with Gasteiger partial charge >= 0.3 is 5.97 Å². The number of esters is 1. The molecule has 0 amide bonds.